The van der Waals surface area contributed by atoms with Gasteiger partial charge in [-0.3, -0.25) is 4.79 Å². The van der Waals surface area contributed by atoms with Crippen molar-refractivity contribution in [1.82, 2.24) is 0 Å². The summed E-state index contributed by atoms with van der Waals surface area (Å²) >= 11 is 0. The fourth-order valence-corrected chi connectivity index (χ4v) is 1.57. The van der Waals surface area contributed by atoms with Crippen LogP contribution in [0.1, 0.15) is 23.6 Å². The van der Waals surface area contributed by atoms with Crippen molar-refractivity contribution in [3.8, 4) is 0 Å². The molecule has 0 fully saturated rings. The summed E-state index contributed by atoms with van der Waals surface area (Å²) in [6.45, 7) is 9.74. The maximum atomic E-state index is 11.5. The fraction of sp³-hybridized carbons (Fsp3) is 0.308. The van der Waals surface area contributed by atoms with Crippen molar-refractivity contribution >= 4 is 11.6 Å². The number of hydrogen-bond acceptors (Lipinski definition) is 2. The number of amides is 1. The van der Waals surface area contributed by atoms with Crippen LogP contribution in [0.2, 0.25) is 0 Å². The quantitative estimate of drug-likeness (QED) is 0.765. The molecule has 0 unspecified atom stereocenters. The Balaban J connectivity index is 3.07. The van der Waals surface area contributed by atoms with Gasteiger partial charge in [0, 0.05) is 17.8 Å². The molecule has 0 aliphatic carbocycles. The minimum absolute atomic E-state index is 0.157. The summed E-state index contributed by atoms with van der Waals surface area (Å²) in [6, 6.07) is 3.86. The zero-order valence-corrected chi connectivity index (χ0v) is 10.1. The monoisotopic (exact) mass is 218 g/mol. The summed E-state index contributed by atoms with van der Waals surface area (Å²) in [5.41, 5.74) is 10.2. The van der Waals surface area contributed by atoms with Crippen LogP contribution in [-0.4, -0.2) is 5.91 Å². The lowest BCUT2D eigenvalue weighted by Gasteiger charge is -2.13. The lowest BCUT2D eigenvalue weighted by Crippen LogP contribution is -2.14. The summed E-state index contributed by atoms with van der Waals surface area (Å²) < 4.78 is 0. The zero-order valence-electron chi connectivity index (χ0n) is 10.1. The van der Waals surface area contributed by atoms with E-state index < -0.39 is 0 Å². The number of anilines is 1. The van der Waals surface area contributed by atoms with Gasteiger partial charge in [-0.05, 0) is 43.5 Å². The van der Waals surface area contributed by atoms with Gasteiger partial charge in [-0.15, -0.1) is 0 Å². The summed E-state index contributed by atoms with van der Waals surface area (Å²) in [5, 5.41) is 2.82. The van der Waals surface area contributed by atoms with Crippen LogP contribution >= 0.6 is 0 Å². The first kappa shape index (κ1) is 12.5. The lowest BCUT2D eigenvalue weighted by atomic mass is 10.0. The molecule has 1 aromatic rings. The molecule has 0 saturated carbocycles. The van der Waals surface area contributed by atoms with Gasteiger partial charge in [-0.25, -0.2) is 0 Å². The van der Waals surface area contributed by atoms with Gasteiger partial charge in [0.25, 0.3) is 5.91 Å². The van der Waals surface area contributed by atoms with Crippen molar-refractivity contribution in [3.63, 3.8) is 0 Å². The van der Waals surface area contributed by atoms with Gasteiger partial charge in [0.15, 0.2) is 0 Å². The highest BCUT2D eigenvalue weighted by molar-refractivity contribution is 6.03. The second-order valence-electron chi connectivity index (χ2n) is 3.97. The average Bonchev–Trinajstić information content (AvgIpc) is 2.22. The van der Waals surface area contributed by atoms with Crippen molar-refractivity contribution in [2.24, 2.45) is 5.73 Å². The zero-order chi connectivity index (χ0) is 12.3. The molecule has 16 heavy (non-hydrogen) atoms. The number of nitrogens with two attached hydrogens (primary N) is 1. The molecule has 86 valence electrons. The van der Waals surface area contributed by atoms with Crippen LogP contribution in [0.5, 0.6) is 0 Å². The Labute approximate surface area is 96.3 Å². The Morgan fingerprint density at radius 3 is 2.56 bits per heavy atom. The summed E-state index contributed by atoms with van der Waals surface area (Å²) in [7, 11) is 0. The second kappa shape index (κ2) is 4.94. The summed E-state index contributed by atoms with van der Waals surface area (Å²) in [4.78, 5) is 11.5. The lowest BCUT2D eigenvalue weighted by molar-refractivity contribution is -0.112. The number of carbonyl (C=O) groups excluding carboxylic acids is 1. The van der Waals surface area contributed by atoms with Crippen LogP contribution in [0.15, 0.2) is 24.3 Å². The van der Waals surface area contributed by atoms with Crippen LogP contribution < -0.4 is 11.1 Å². The summed E-state index contributed by atoms with van der Waals surface area (Å²) in [6.07, 6.45) is 0. The Bertz CT molecular complexity index is 436. The van der Waals surface area contributed by atoms with Gasteiger partial charge < -0.3 is 11.1 Å². The van der Waals surface area contributed by atoms with E-state index in [1.54, 1.807) is 6.92 Å². The number of rotatable bonds is 3. The minimum atomic E-state index is -0.157. The van der Waals surface area contributed by atoms with Crippen LogP contribution in [0.25, 0.3) is 0 Å². The molecule has 0 heterocycles. The molecule has 0 aliphatic rings. The van der Waals surface area contributed by atoms with Crippen molar-refractivity contribution in [2.75, 3.05) is 5.32 Å². The third kappa shape index (κ3) is 2.49. The third-order valence-electron chi connectivity index (χ3n) is 2.67. The predicted molar refractivity (Wildman–Crippen MR) is 67.3 cm³/mol. The number of carbonyl (C=O) groups is 1. The van der Waals surface area contributed by atoms with Crippen LogP contribution in [0.3, 0.4) is 0 Å². The Kier molecular flexibility index (Phi) is 3.85. The van der Waals surface area contributed by atoms with Gasteiger partial charge in [0.05, 0.1) is 0 Å². The minimum Gasteiger partial charge on any atom is -0.326 e. The number of benzene rings is 1. The number of nitrogens with one attached hydrogen (secondary N) is 1. The van der Waals surface area contributed by atoms with E-state index in [1.807, 2.05) is 26.0 Å². The van der Waals surface area contributed by atoms with E-state index >= 15 is 0 Å². The van der Waals surface area contributed by atoms with Crippen LogP contribution in [-0.2, 0) is 11.3 Å². The highest BCUT2D eigenvalue weighted by Crippen LogP contribution is 2.22. The molecule has 3 nitrogen and oxygen atoms in total. The molecule has 0 atom stereocenters. The first-order valence-corrected chi connectivity index (χ1v) is 5.23. The largest absolute Gasteiger partial charge is 0.326 e. The van der Waals surface area contributed by atoms with E-state index in [2.05, 4.69) is 11.9 Å². The molecule has 0 aromatic heterocycles. The molecule has 0 saturated heterocycles. The molecule has 3 heteroatoms. The van der Waals surface area contributed by atoms with E-state index in [-0.39, 0.29) is 5.91 Å². The molecule has 1 amide bonds. The standard InChI is InChI=1S/C13H18N2O/c1-8(2)13(16)15-12-6-5-9(3)11(7-14)10(12)4/h5-6H,1,7,14H2,2-4H3,(H,15,16). The maximum absolute atomic E-state index is 11.5. The molecule has 0 spiro atoms. The van der Waals surface area contributed by atoms with Gasteiger partial charge in [-0.1, -0.05) is 12.6 Å². The topological polar surface area (TPSA) is 55.1 Å². The summed E-state index contributed by atoms with van der Waals surface area (Å²) in [5.74, 6) is -0.157. The van der Waals surface area contributed by atoms with Crippen molar-refractivity contribution in [3.05, 3.63) is 41.0 Å². The highest BCUT2D eigenvalue weighted by Gasteiger charge is 2.09. The van der Waals surface area contributed by atoms with Crippen molar-refractivity contribution < 1.29 is 4.79 Å². The van der Waals surface area contributed by atoms with E-state index in [9.17, 15) is 4.79 Å². The van der Waals surface area contributed by atoms with Gasteiger partial charge in [0.2, 0.25) is 0 Å². The SMILES string of the molecule is C=C(C)C(=O)Nc1ccc(C)c(CN)c1C. The fourth-order valence-electron chi connectivity index (χ4n) is 1.57. The van der Waals surface area contributed by atoms with Gasteiger partial charge in [-0.2, -0.15) is 0 Å². The first-order valence-electron chi connectivity index (χ1n) is 5.23. The smallest absolute Gasteiger partial charge is 0.250 e. The molecular formula is C13H18N2O. The Hall–Kier alpha value is -1.61. The molecule has 0 bridgehead atoms. The Morgan fingerprint density at radius 2 is 2.06 bits per heavy atom. The molecule has 0 radical (unpaired) electrons. The van der Waals surface area contributed by atoms with Crippen LogP contribution in [0, 0.1) is 13.8 Å². The predicted octanol–water partition coefficient (Wildman–Crippen LogP) is 2.28. The molecular weight excluding hydrogens is 200 g/mol. The van der Waals surface area contributed by atoms with Crippen molar-refractivity contribution in [2.45, 2.75) is 27.3 Å². The number of aryl methyl sites for hydroxylation is 1. The molecule has 0 aliphatic heterocycles. The first-order chi connectivity index (χ1) is 7.47. The van der Waals surface area contributed by atoms with Gasteiger partial charge >= 0.3 is 0 Å². The molecule has 3 N–H and O–H groups in total. The van der Waals surface area contributed by atoms with E-state index in [1.165, 1.54) is 0 Å². The van der Waals surface area contributed by atoms with Crippen molar-refractivity contribution in [1.29, 1.82) is 0 Å². The second-order valence-corrected chi connectivity index (χ2v) is 3.97. The van der Waals surface area contributed by atoms with Gasteiger partial charge in [0.1, 0.15) is 0 Å². The maximum Gasteiger partial charge on any atom is 0.250 e. The van der Waals surface area contributed by atoms with E-state index in [0.717, 1.165) is 22.4 Å². The Morgan fingerprint density at radius 1 is 1.44 bits per heavy atom. The highest BCUT2D eigenvalue weighted by atomic mass is 16.1. The van der Waals surface area contributed by atoms with Crippen LogP contribution in [0.4, 0.5) is 5.69 Å². The normalized spacial score (nSPS) is 10.0. The third-order valence-corrected chi connectivity index (χ3v) is 2.67. The average molecular weight is 218 g/mol. The number of hydrogen-bond donors (Lipinski definition) is 2. The molecule has 1 rings (SSSR count). The molecule has 1 aromatic carbocycles. The van der Waals surface area contributed by atoms with E-state index in [0.29, 0.717) is 12.1 Å². The van der Waals surface area contributed by atoms with E-state index in [4.69, 9.17) is 5.73 Å².